The summed E-state index contributed by atoms with van der Waals surface area (Å²) in [6.07, 6.45) is 0.937. The number of nitrogens with two attached hydrogens (primary N) is 1. The third-order valence-corrected chi connectivity index (χ3v) is 3.45. The van der Waals surface area contributed by atoms with E-state index in [9.17, 15) is 9.59 Å². The molecule has 1 saturated heterocycles. The molecule has 0 saturated carbocycles. The Kier molecular flexibility index (Phi) is 4.41. The number of likely N-dealkylation sites (tertiary alicyclic amines) is 1. The minimum atomic E-state index is -0.433. The van der Waals surface area contributed by atoms with E-state index in [4.69, 9.17) is 10.3 Å². The van der Waals surface area contributed by atoms with E-state index < -0.39 is 5.91 Å². The molecule has 0 aromatic carbocycles. The van der Waals surface area contributed by atoms with Gasteiger partial charge in [0.15, 0.2) is 5.76 Å². The first-order valence-corrected chi connectivity index (χ1v) is 6.59. The molecule has 1 aliphatic rings. The fraction of sp³-hybridized carbons (Fsp3) is 0.538. The van der Waals surface area contributed by atoms with Gasteiger partial charge in [0.1, 0.15) is 5.76 Å². The maximum Gasteiger partial charge on any atom is 0.300 e. The molecule has 0 radical (unpaired) electrons. The van der Waals surface area contributed by atoms with Crippen molar-refractivity contribution in [2.45, 2.75) is 32.9 Å². The highest BCUT2D eigenvalue weighted by Gasteiger charge is 2.24. The number of nitrogen functional groups attached to an aromatic ring is 1. The fourth-order valence-corrected chi connectivity index (χ4v) is 2.48. The summed E-state index contributed by atoms with van der Waals surface area (Å²) in [5.74, 6) is 5.58. The summed E-state index contributed by atoms with van der Waals surface area (Å²) in [4.78, 5) is 24.7. The van der Waals surface area contributed by atoms with Crippen LogP contribution in [0.5, 0.6) is 0 Å². The van der Waals surface area contributed by atoms with E-state index in [2.05, 4.69) is 15.6 Å². The van der Waals surface area contributed by atoms with Gasteiger partial charge in [-0.2, -0.15) is 0 Å². The van der Waals surface area contributed by atoms with Gasteiger partial charge in [-0.25, -0.2) is 5.84 Å². The zero-order valence-corrected chi connectivity index (χ0v) is 11.7. The van der Waals surface area contributed by atoms with Crippen molar-refractivity contribution in [3.63, 3.8) is 0 Å². The number of hydrazine groups is 1. The molecule has 2 amide bonds. The molecule has 1 fully saturated rings. The monoisotopic (exact) mass is 280 g/mol. The number of rotatable bonds is 4. The van der Waals surface area contributed by atoms with Crippen LogP contribution in [0.3, 0.4) is 0 Å². The average Bonchev–Trinajstić information content (AvgIpc) is 2.96. The number of carbonyl (C=O) groups is 2. The normalized spacial score (nSPS) is 19.1. The maximum atomic E-state index is 11.4. The van der Waals surface area contributed by atoms with Crippen molar-refractivity contribution >= 4 is 11.8 Å². The number of nitrogens with zero attached hydrogens (tertiary/aromatic N) is 1. The molecular formula is C13H20N4O3. The van der Waals surface area contributed by atoms with E-state index in [1.54, 1.807) is 6.07 Å². The van der Waals surface area contributed by atoms with Crippen LogP contribution in [0.4, 0.5) is 0 Å². The minimum absolute atomic E-state index is 0.00163. The fourth-order valence-electron chi connectivity index (χ4n) is 2.48. The SMILES string of the molecule is CC(=O)NC1CCN(Cc2cc(C(=O)NN)oc2C)C1. The summed E-state index contributed by atoms with van der Waals surface area (Å²) in [7, 11) is 0. The van der Waals surface area contributed by atoms with Gasteiger partial charge in [0, 0.05) is 38.2 Å². The summed E-state index contributed by atoms with van der Waals surface area (Å²) in [6, 6.07) is 1.91. The van der Waals surface area contributed by atoms with Gasteiger partial charge in [-0.05, 0) is 19.4 Å². The Morgan fingerprint density at radius 1 is 1.55 bits per heavy atom. The number of aryl methyl sites for hydroxylation is 1. The summed E-state index contributed by atoms with van der Waals surface area (Å²) in [5.41, 5.74) is 3.02. The number of hydrogen-bond donors (Lipinski definition) is 3. The highest BCUT2D eigenvalue weighted by atomic mass is 16.4. The third kappa shape index (κ3) is 3.37. The third-order valence-electron chi connectivity index (χ3n) is 3.45. The molecule has 0 aliphatic carbocycles. The first kappa shape index (κ1) is 14.5. The Labute approximate surface area is 117 Å². The second-order valence-electron chi connectivity index (χ2n) is 5.09. The molecule has 110 valence electrons. The Morgan fingerprint density at radius 3 is 2.95 bits per heavy atom. The van der Waals surface area contributed by atoms with Crippen molar-refractivity contribution in [2.75, 3.05) is 13.1 Å². The van der Waals surface area contributed by atoms with E-state index >= 15 is 0 Å². The summed E-state index contributed by atoms with van der Waals surface area (Å²) >= 11 is 0. The summed E-state index contributed by atoms with van der Waals surface area (Å²) in [5, 5.41) is 2.92. The molecule has 7 nitrogen and oxygen atoms in total. The highest BCUT2D eigenvalue weighted by Crippen LogP contribution is 2.19. The number of carbonyl (C=O) groups excluding carboxylic acids is 2. The Balaban J connectivity index is 1.96. The zero-order valence-electron chi connectivity index (χ0n) is 11.7. The Hall–Kier alpha value is -1.86. The molecule has 0 spiro atoms. The molecule has 2 rings (SSSR count). The van der Waals surface area contributed by atoms with Crippen LogP contribution in [-0.4, -0.2) is 35.8 Å². The molecule has 1 aromatic heterocycles. The molecule has 0 bridgehead atoms. The van der Waals surface area contributed by atoms with Gasteiger partial charge < -0.3 is 9.73 Å². The summed E-state index contributed by atoms with van der Waals surface area (Å²) < 4.78 is 5.38. The Bertz CT molecular complexity index is 512. The average molecular weight is 280 g/mol. The van der Waals surface area contributed by atoms with E-state index in [0.717, 1.165) is 25.1 Å². The first-order chi connectivity index (χ1) is 9.49. The van der Waals surface area contributed by atoms with Crippen LogP contribution in [0.2, 0.25) is 0 Å². The number of hydrogen-bond acceptors (Lipinski definition) is 5. The predicted molar refractivity (Wildman–Crippen MR) is 72.6 cm³/mol. The van der Waals surface area contributed by atoms with Crippen LogP contribution in [0.25, 0.3) is 0 Å². The molecule has 4 N–H and O–H groups in total. The molecule has 20 heavy (non-hydrogen) atoms. The van der Waals surface area contributed by atoms with Crippen LogP contribution in [0.15, 0.2) is 10.5 Å². The van der Waals surface area contributed by atoms with Gasteiger partial charge >= 0.3 is 5.91 Å². The molecule has 1 unspecified atom stereocenters. The molecular weight excluding hydrogens is 260 g/mol. The van der Waals surface area contributed by atoms with Crippen LogP contribution >= 0.6 is 0 Å². The van der Waals surface area contributed by atoms with Crippen molar-refractivity contribution in [2.24, 2.45) is 5.84 Å². The number of furan rings is 1. The van der Waals surface area contributed by atoms with E-state index in [1.165, 1.54) is 6.92 Å². The predicted octanol–water partition coefficient (Wildman–Crippen LogP) is -0.0981. The lowest BCUT2D eigenvalue weighted by molar-refractivity contribution is -0.119. The maximum absolute atomic E-state index is 11.4. The molecule has 1 atom stereocenters. The number of amides is 2. The van der Waals surface area contributed by atoms with Crippen LogP contribution in [-0.2, 0) is 11.3 Å². The van der Waals surface area contributed by atoms with Gasteiger partial charge in [-0.3, -0.25) is 19.9 Å². The second kappa shape index (κ2) is 6.06. The van der Waals surface area contributed by atoms with Crippen LogP contribution in [0, 0.1) is 6.92 Å². The minimum Gasteiger partial charge on any atom is -0.456 e. The number of nitrogens with one attached hydrogen (secondary N) is 2. The van der Waals surface area contributed by atoms with Crippen LogP contribution in [0.1, 0.15) is 35.2 Å². The van der Waals surface area contributed by atoms with Gasteiger partial charge in [0.05, 0.1) is 0 Å². The molecule has 1 aliphatic heterocycles. The quantitative estimate of drug-likeness (QED) is 0.406. The van der Waals surface area contributed by atoms with E-state index in [-0.39, 0.29) is 17.7 Å². The Morgan fingerprint density at radius 2 is 2.30 bits per heavy atom. The van der Waals surface area contributed by atoms with Gasteiger partial charge in [-0.1, -0.05) is 0 Å². The van der Waals surface area contributed by atoms with Crippen molar-refractivity contribution in [1.29, 1.82) is 0 Å². The summed E-state index contributed by atoms with van der Waals surface area (Å²) in [6.45, 7) is 5.77. The topological polar surface area (TPSA) is 101 Å². The van der Waals surface area contributed by atoms with E-state index in [1.807, 2.05) is 6.92 Å². The van der Waals surface area contributed by atoms with Crippen molar-refractivity contribution in [3.05, 3.63) is 23.2 Å². The lowest BCUT2D eigenvalue weighted by atomic mass is 10.2. The molecule has 1 aromatic rings. The van der Waals surface area contributed by atoms with E-state index in [0.29, 0.717) is 12.3 Å². The smallest absolute Gasteiger partial charge is 0.300 e. The van der Waals surface area contributed by atoms with Gasteiger partial charge in [-0.15, -0.1) is 0 Å². The second-order valence-corrected chi connectivity index (χ2v) is 5.09. The lowest BCUT2D eigenvalue weighted by Crippen LogP contribution is -2.35. The molecule has 7 heteroatoms. The van der Waals surface area contributed by atoms with Crippen molar-refractivity contribution in [1.82, 2.24) is 15.6 Å². The van der Waals surface area contributed by atoms with Crippen molar-refractivity contribution < 1.29 is 14.0 Å². The van der Waals surface area contributed by atoms with Gasteiger partial charge in [0.25, 0.3) is 0 Å². The van der Waals surface area contributed by atoms with Crippen molar-refractivity contribution in [3.8, 4) is 0 Å². The first-order valence-electron chi connectivity index (χ1n) is 6.59. The molecule has 2 heterocycles. The largest absolute Gasteiger partial charge is 0.456 e. The standard InChI is InChI=1S/C13H20N4O3/c1-8-10(5-12(20-8)13(19)16-14)6-17-4-3-11(7-17)15-9(2)18/h5,11H,3-4,6-7,14H2,1-2H3,(H,15,18)(H,16,19). The lowest BCUT2D eigenvalue weighted by Gasteiger charge is -2.15. The van der Waals surface area contributed by atoms with Gasteiger partial charge in [0.2, 0.25) is 5.91 Å². The zero-order chi connectivity index (χ0) is 14.7. The van der Waals surface area contributed by atoms with Crippen LogP contribution < -0.4 is 16.6 Å². The highest BCUT2D eigenvalue weighted by molar-refractivity contribution is 5.91.